The molecule has 0 saturated carbocycles. The second-order valence-corrected chi connectivity index (χ2v) is 4.15. The molecule has 0 aliphatic carbocycles. The standard InChI is InChI=1S/C12H13BF3N2O.K/c14-13(15,16)11-3-1-4-12(9-11)19-8-2-6-18-7-5-17-10-18;/h1,3-5,7,9-10H,2,6,8H2;/q-1;+1. The first kappa shape index (κ1) is 17.8. The Hall–Kier alpha value is -0.279. The molecule has 0 aliphatic heterocycles. The number of ether oxygens (including phenoxy) is 1. The Morgan fingerprint density at radius 3 is 2.70 bits per heavy atom. The maximum atomic E-state index is 12.5. The van der Waals surface area contributed by atoms with Gasteiger partial charge in [0, 0.05) is 18.9 Å². The van der Waals surface area contributed by atoms with Gasteiger partial charge in [-0.2, -0.15) is 0 Å². The summed E-state index contributed by atoms with van der Waals surface area (Å²) in [6, 6.07) is 4.98. The van der Waals surface area contributed by atoms with Crippen LogP contribution in [0.3, 0.4) is 0 Å². The van der Waals surface area contributed by atoms with Crippen LogP contribution in [0.2, 0.25) is 0 Å². The number of hydrogen-bond acceptors (Lipinski definition) is 2. The Labute approximate surface area is 158 Å². The third-order valence-electron chi connectivity index (χ3n) is 2.62. The molecule has 0 fully saturated rings. The number of imidazole rings is 1. The molecule has 0 bridgehead atoms. The van der Waals surface area contributed by atoms with Crippen molar-refractivity contribution < 1.29 is 69.1 Å². The van der Waals surface area contributed by atoms with Crippen LogP contribution in [0.1, 0.15) is 6.42 Å². The first-order valence-electron chi connectivity index (χ1n) is 5.94. The van der Waals surface area contributed by atoms with Crippen molar-refractivity contribution in [3.63, 3.8) is 0 Å². The van der Waals surface area contributed by atoms with E-state index in [9.17, 15) is 12.9 Å². The van der Waals surface area contributed by atoms with Crippen LogP contribution in [0, 0.1) is 0 Å². The summed E-state index contributed by atoms with van der Waals surface area (Å²) >= 11 is 0. The SMILES string of the molecule is F[B-](F)(F)c1cccc(OCCCn2ccnc2)c1.[K+]. The van der Waals surface area contributed by atoms with Gasteiger partial charge in [0.2, 0.25) is 0 Å². The second kappa shape index (κ2) is 8.23. The van der Waals surface area contributed by atoms with Gasteiger partial charge >= 0.3 is 58.4 Å². The first-order valence-corrected chi connectivity index (χ1v) is 5.94. The molecular formula is C12H13BF3KN2O. The molecule has 0 N–H and O–H groups in total. The predicted molar refractivity (Wildman–Crippen MR) is 67.5 cm³/mol. The van der Waals surface area contributed by atoms with E-state index in [1.807, 2.05) is 10.8 Å². The number of nitrogens with zero attached hydrogens (tertiary/aromatic N) is 2. The van der Waals surface area contributed by atoms with E-state index in [1.165, 1.54) is 12.1 Å². The van der Waals surface area contributed by atoms with Crippen molar-refractivity contribution >= 4 is 12.4 Å². The fourth-order valence-electron chi connectivity index (χ4n) is 1.66. The van der Waals surface area contributed by atoms with Gasteiger partial charge in [-0.25, -0.2) is 4.98 Å². The predicted octanol–water partition coefficient (Wildman–Crippen LogP) is -0.589. The van der Waals surface area contributed by atoms with Gasteiger partial charge in [-0.05, 0) is 18.6 Å². The van der Waals surface area contributed by atoms with E-state index in [0.29, 0.717) is 13.0 Å². The Kier molecular flexibility index (Phi) is 7.32. The zero-order valence-electron chi connectivity index (χ0n) is 11.2. The van der Waals surface area contributed by atoms with Crippen LogP contribution in [0.5, 0.6) is 5.75 Å². The fraction of sp³-hybridized carbons (Fsp3) is 0.250. The summed E-state index contributed by atoms with van der Waals surface area (Å²) in [5.41, 5.74) is -0.632. The van der Waals surface area contributed by atoms with Crippen molar-refractivity contribution in [1.82, 2.24) is 9.55 Å². The Morgan fingerprint density at radius 2 is 2.05 bits per heavy atom. The van der Waals surface area contributed by atoms with Gasteiger partial charge in [-0.1, -0.05) is 12.1 Å². The minimum absolute atomic E-state index is 0. The van der Waals surface area contributed by atoms with Crippen molar-refractivity contribution in [2.75, 3.05) is 6.61 Å². The van der Waals surface area contributed by atoms with E-state index in [-0.39, 0.29) is 57.1 Å². The van der Waals surface area contributed by atoms with Gasteiger partial charge in [0.05, 0.1) is 12.9 Å². The van der Waals surface area contributed by atoms with Crippen LogP contribution in [-0.4, -0.2) is 23.1 Å². The maximum Gasteiger partial charge on any atom is 1.00 e. The van der Waals surface area contributed by atoms with Gasteiger partial charge in [0.1, 0.15) is 5.75 Å². The van der Waals surface area contributed by atoms with Gasteiger partial charge in [-0.15, -0.1) is 5.46 Å². The number of aryl methyl sites for hydroxylation is 1. The average molecular weight is 308 g/mol. The van der Waals surface area contributed by atoms with Crippen molar-refractivity contribution in [2.45, 2.75) is 13.0 Å². The molecule has 1 aromatic heterocycles. The molecule has 8 heteroatoms. The molecule has 1 heterocycles. The molecule has 102 valence electrons. The van der Waals surface area contributed by atoms with Gasteiger partial charge in [0.15, 0.2) is 0 Å². The molecule has 0 unspecified atom stereocenters. The van der Waals surface area contributed by atoms with Crippen molar-refractivity contribution in [1.29, 1.82) is 0 Å². The molecule has 0 atom stereocenters. The third-order valence-corrected chi connectivity index (χ3v) is 2.62. The zero-order chi connectivity index (χ0) is 13.7. The molecule has 0 radical (unpaired) electrons. The van der Waals surface area contributed by atoms with Gasteiger partial charge in [0.25, 0.3) is 0 Å². The summed E-state index contributed by atoms with van der Waals surface area (Å²) in [7, 11) is 0. The van der Waals surface area contributed by atoms with Crippen molar-refractivity contribution in [3.05, 3.63) is 43.0 Å². The van der Waals surface area contributed by atoms with Crippen LogP contribution >= 0.6 is 0 Å². The molecule has 2 aromatic rings. The Morgan fingerprint density at radius 1 is 1.25 bits per heavy atom. The Balaban J connectivity index is 0.00000200. The van der Waals surface area contributed by atoms with E-state index in [1.54, 1.807) is 12.5 Å². The van der Waals surface area contributed by atoms with E-state index in [2.05, 4.69) is 4.98 Å². The van der Waals surface area contributed by atoms with Crippen LogP contribution in [0.25, 0.3) is 0 Å². The van der Waals surface area contributed by atoms with Gasteiger partial charge in [-0.3, -0.25) is 0 Å². The van der Waals surface area contributed by atoms with E-state index >= 15 is 0 Å². The van der Waals surface area contributed by atoms with E-state index in [0.717, 1.165) is 18.7 Å². The summed E-state index contributed by atoms with van der Waals surface area (Å²) in [5.74, 6) is 0.252. The number of hydrogen-bond donors (Lipinski definition) is 0. The summed E-state index contributed by atoms with van der Waals surface area (Å²) in [5, 5.41) is 0. The van der Waals surface area contributed by atoms with Crippen LogP contribution in [0.4, 0.5) is 12.9 Å². The van der Waals surface area contributed by atoms with Gasteiger partial charge < -0.3 is 22.3 Å². The van der Waals surface area contributed by atoms with Crippen LogP contribution in [0.15, 0.2) is 43.0 Å². The average Bonchev–Trinajstić information content (AvgIpc) is 2.87. The first-order chi connectivity index (χ1) is 9.05. The van der Waals surface area contributed by atoms with E-state index in [4.69, 9.17) is 4.74 Å². The third kappa shape index (κ3) is 5.61. The van der Waals surface area contributed by atoms with Crippen molar-refractivity contribution in [2.24, 2.45) is 0 Å². The quantitative estimate of drug-likeness (QED) is 0.527. The summed E-state index contributed by atoms with van der Waals surface area (Å²) in [6.07, 6.45) is 5.90. The molecule has 0 amide bonds. The largest absolute Gasteiger partial charge is 1.00 e. The van der Waals surface area contributed by atoms with Crippen molar-refractivity contribution in [3.8, 4) is 5.75 Å². The molecule has 0 spiro atoms. The monoisotopic (exact) mass is 308 g/mol. The van der Waals surface area contributed by atoms with Crippen LogP contribution in [-0.2, 0) is 6.54 Å². The van der Waals surface area contributed by atoms with Crippen LogP contribution < -0.4 is 61.6 Å². The maximum absolute atomic E-state index is 12.5. The molecule has 0 saturated heterocycles. The minimum atomic E-state index is -4.97. The number of benzene rings is 1. The summed E-state index contributed by atoms with van der Waals surface area (Å²) < 4.78 is 44.8. The molecule has 3 nitrogen and oxygen atoms in total. The molecule has 1 aromatic carbocycles. The minimum Gasteiger partial charge on any atom is -0.494 e. The normalized spacial score (nSPS) is 10.9. The molecule has 20 heavy (non-hydrogen) atoms. The molecular weight excluding hydrogens is 295 g/mol. The molecule has 2 rings (SSSR count). The topological polar surface area (TPSA) is 27.1 Å². The van der Waals surface area contributed by atoms with E-state index < -0.39 is 12.4 Å². The zero-order valence-corrected chi connectivity index (χ0v) is 14.3. The molecule has 0 aliphatic rings. The number of aromatic nitrogens is 2. The summed E-state index contributed by atoms with van der Waals surface area (Å²) in [6.45, 7) is -3.88. The fourth-order valence-corrected chi connectivity index (χ4v) is 1.66. The summed E-state index contributed by atoms with van der Waals surface area (Å²) in [4.78, 5) is 3.90. The number of rotatable bonds is 6. The second-order valence-electron chi connectivity index (χ2n) is 4.15. The smallest absolute Gasteiger partial charge is 0.494 e. The Bertz CT molecular complexity index is 520. The number of halogens is 3.